The number of rotatable bonds is 7. The molecule has 0 saturated heterocycles. The summed E-state index contributed by atoms with van der Waals surface area (Å²) in [4.78, 5) is 25.4. The summed E-state index contributed by atoms with van der Waals surface area (Å²) in [6.07, 6.45) is -0.404. The van der Waals surface area contributed by atoms with E-state index in [-0.39, 0.29) is 13.2 Å². The minimum Gasteiger partial charge on any atom is -0.457 e. The molecule has 0 spiro atoms. The zero-order valence-corrected chi connectivity index (χ0v) is 10.1. The molecule has 0 bridgehead atoms. The average Bonchev–Trinajstić information content (AvgIpc) is 2.17. The van der Waals surface area contributed by atoms with E-state index in [2.05, 4.69) is 9.53 Å². The lowest BCUT2D eigenvalue weighted by atomic mass is 9.98. The van der Waals surface area contributed by atoms with Crippen molar-refractivity contribution in [2.24, 2.45) is 0 Å². The molecule has 1 atom stereocenters. The molecule has 0 aromatic rings. The summed E-state index contributed by atoms with van der Waals surface area (Å²) in [5.41, 5.74) is 6.40. The highest BCUT2D eigenvalue weighted by Crippen LogP contribution is 2.10. The fourth-order valence-electron chi connectivity index (χ4n) is 1.20. The van der Waals surface area contributed by atoms with Crippen molar-refractivity contribution in [2.45, 2.75) is 25.9 Å². The monoisotopic (exact) mass is 244 g/mol. The Hall–Kier alpha value is -1.56. The SMILES string of the molecule is CCOC(=O)C(=[N+]=[N-])C(=O)CC(C)(O)COC. The molecule has 0 aliphatic rings. The van der Waals surface area contributed by atoms with E-state index in [4.69, 9.17) is 10.3 Å². The van der Waals surface area contributed by atoms with Crippen molar-refractivity contribution in [1.82, 2.24) is 0 Å². The number of ether oxygens (including phenoxy) is 2. The summed E-state index contributed by atoms with van der Waals surface area (Å²) in [5.74, 6) is -1.83. The van der Waals surface area contributed by atoms with Gasteiger partial charge in [0, 0.05) is 13.5 Å². The van der Waals surface area contributed by atoms with Gasteiger partial charge >= 0.3 is 11.7 Å². The van der Waals surface area contributed by atoms with Gasteiger partial charge in [0.05, 0.1) is 18.8 Å². The quantitative estimate of drug-likeness (QED) is 0.215. The zero-order valence-electron chi connectivity index (χ0n) is 10.1. The highest BCUT2D eigenvalue weighted by molar-refractivity contribution is 6.62. The highest BCUT2D eigenvalue weighted by atomic mass is 16.5. The maximum absolute atomic E-state index is 11.6. The number of nitrogens with zero attached hydrogens (tertiary/aromatic N) is 2. The minimum absolute atomic E-state index is 0.0552. The van der Waals surface area contributed by atoms with Crippen LogP contribution in [-0.2, 0) is 19.1 Å². The van der Waals surface area contributed by atoms with Gasteiger partial charge < -0.3 is 20.1 Å². The Morgan fingerprint density at radius 2 is 2.06 bits per heavy atom. The van der Waals surface area contributed by atoms with Crippen LogP contribution in [0.15, 0.2) is 0 Å². The number of esters is 1. The molecule has 1 N–H and O–H groups in total. The molecule has 0 aliphatic heterocycles. The third kappa shape index (κ3) is 5.35. The Bertz CT molecular complexity index is 345. The van der Waals surface area contributed by atoms with E-state index in [1.807, 2.05) is 0 Å². The summed E-state index contributed by atoms with van der Waals surface area (Å²) >= 11 is 0. The van der Waals surface area contributed by atoms with Crippen LogP contribution in [0.2, 0.25) is 0 Å². The summed E-state index contributed by atoms with van der Waals surface area (Å²) in [5, 5.41) is 9.71. The lowest BCUT2D eigenvalue weighted by molar-refractivity contribution is -0.142. The Kier molecular flexibility index (Phi) is 6.27. The van der Waals surface area contributed by atoms with Crippen molar-refractivity contribution in [1.29, 1.82) is 0 Å². The number of hydrogen-bond acceptors (Lipinski definition) is 5. The normalized spacial score (nSPS) is 13.4. The first-order valence-corrected chi connectivity index (χ1v) is 5.01. The summed E-state index contributed by atoms with van der Waals surface area (Å²) in [6, 6.07) is 0. The summed E-state index contributed by atoms with van der Waals surface area (Å²) in [7, 11) is 1.37. The van der Waals surface area contributed by atoms with Gasteiger partial charge in [-0.05, 0) is 13.8 Å². The maximum atomic E-state index is 11.6. The van der Waals surface area contributed by atoms with Gasteiger partial charge in [0.25, 0.3) is 5.78 Å². The number of carbonyl (C=O) groups is 2. The topological polar surface area (TPSA) is 109 Å². The molecule has 0 fully saturated rings. The number of hydrogen-bond donors (Lipinski definition) is 1. The van der Waals surface area contributed by atoms with Crippen LogP contribution >= 0.6 is 0 Å². The molecule has 0 amide bonds. The van der Waals surface area contributed by atoms with Gasteiger partial charge in [-0.1, -0.05) is 0 Å². The lowest BCUT2D eigenvalue weighted by Gasteiger charge is -2.19. The van der Waals surface area contributed by atoms with E-state index in [1.54, 1.807) is 6.92 Å². The van der Waals surface area contributed by atoms with Crippen LogP contribution in [-0.4, -0.2) is 53.3 Å². The van der Waals surface area contributed by atoms with E-state index in [9.17, 15) is 14.7 Å². The van der Waals surface area contributed by atoms with Crippen molar-refractivity contribution in [3.05, 3.63) is 5.53 Å². The van der Waals surface area contributed by atoms with Crippen LogP contribution in [0.1, 0.15) is 20.3 Å². The second kappa shape index (κ2) is 6.90. The van der Waals surface area contributed by atoms with Crippen molar-refractivity contribution >= 4 is 17.5 Å². The maximum Gasteiger partial charge on any atom is 0.441 e. The highest BCUT2D eigenvalue weighted by Gasteiger charge is 2.36. The molecule has 0 aromatic carbocycles. The van der Waals surface area contributed by atoms with E-state index >= 15 is 0 Å². The number of aliphatic hydroxyl groups is 1. The van der Waals surface area contributed by atoms with Crippen LogP contribution in [0.25, 0.3) is 5.53 Å². The molecule has 7 nitrogen and oxygen atoms in total. The Labute approximate surface area is 99.0 Å². The van der Waals surface area contributed by atoms with Crippen molar-refractivity contribution in [3.63, 3.8) is 0 Å². The Morgan fingerprint density at radius 3 is 2.47 bits per heavy atom. The molecule has 1 unspecified atom stereocenters. The molecule has 0 aromatic heterocycles. The third-order valence-electron chi connectivity index (χ3n) is 1.83. The first-order chi connectivity index (χ1) is 7.87. The predicted octanol–water partition coefficient (Wildman–Crippen LogP) is -0.423. The zero-order chi connectivity index (χ0) is 13.5. The molecule has 17 heavy (non-hydrogen) atoms. The van der Waals surface area contributed by atoms with Crippen LogP contribution < -0.4 is 0 Å². The Morgan fingerprint density at radius 1 is 1.47 bits per heavy atom. The molecular formula is C10H16N2O5. The van der Waals surface area contributed by atoms with Crippen LogP contribution in [0.4, 0.5) is 0 Å². The molecule has 0 rings (SSSR count). The van der Waals surface area contributed by atoms with Crippen molar-refractivity contribution < 1.29 is 29.0 Å². The van der Waals surface area contributed by atoms with Gasteiger partial charge in [0.1, 0.15) is 0 Å². The van der Waals surface area contributed by atoms with E-state index < -0.39 is 29.5 Å². The predicted molar refractivity (Wildman–Crippen MR) is 57.4 cm³/mol. The molecular weight excluding hydrogens is 228 g/mol. The fraction of sp³-hybridized carbons (Fsp3) is 0.700. The van der Waals surface area contributed by atoms with Crippen LogP contribution in [0, 0.1) is 0 Å². The number of Topliss-reactive ketones (excluding diaryl/α,β-unsaturated/α-hetero) is 1. The van der Waals surface area contributed by atoms with Crippen LogP contribution in [0.3, 0.4) is 0 Å². The minimum atomic E-state index is -1.44. The molecule has 0 saturated carbocycles. The lowest BCUT2D eigenvalue weighted by Crippen LogP contribution is -2.38. The van der Waals surface area contributed by atoms with Crippen molar-refractivity contribution in [3.8, 4) is 0 Å². The van der Waals surface area contributed by atoms with Gasteiger partial charge in [-0.25, -0.2) is 4.79 Å². The van der Waals surface area contributed by atoms with Gasteiger partial charge in [-0.2, -0.15) is 4.79 Å². The number of methoxy groups -OCH3 is 1. The average molecular weight is 244 g/mol. The van der Waals surface area contributed by atoms with Gasteiger partial charge in [0.2, 0.25) is 0 Å². The molecule has 0 heterocycles. The van der Waals surface area contributed by atoms with E-state index in [1.165, 1.54) is 14.0 Å². The second-order valence-corrected chi connectivity index (χ2v) is 3.70. The van der Waals surface area contributed by atoms with Crippen LogP contribution in [0.5, 0.6) is 0 Å². The second-order valence-electron chi connectivity index (χ2n) is 3.70. The number of carbonyl (C=O) groups excluding carboxylic acids is 2. The van der Waals surface area contributed by atoms with Gasteiger partial charge in [-0.15, -0.1) is 0 Å². The Balaban J connectivity index is 4.69. The summed E-state index contributed by atoms with van der Waals surface area (Å²) in [6.45, 7) is 2.90. The molecule has 7 heteroatoms. The first kappa shape index (κ1) is 15.4. The van der Waals surface area contributed by atoms with E-state index in [0.717, 1.165) is 0 Å². The third-order valence-corrected chi connectivity index (χ3v) is 1.83. The van der Waals surface area contributed by atoms with Gasteiger partial charge in [0.15, 0.2) is 0 Å². The smallest absolute Gasteiger partial charge is 0.441 e. The standard InChI is InChI=1S/C10H16N2O5/c1-4-17-9(14)8(12-11)7(13)5-10(2,15)6-16-3/h15H,4-6H2,1-3H3. The molecule has 0 aliphatic carbocycles. The van der Waals surface area contributed by atoms with Crippen molar-refractivity contribution in [2.75, 3.05) is 20.3 Å². The summed E-state index contributed by atoms with van der Waals surface area (Å²) < 4.78 is 9.24. The first-order valence-electron chi connectivity index (χ1n) is 5.01. The molecule has 96 valence electrons. The van der Waals surface area contributed by atoms with Gasteiger partial charge in [-0.3, -0.25) is 4.79 Å². The number of ketones is 1. The fourth-order valence-corrected chi connectivity index (χ4v) is 1.20. The largest absolute Gasteiger partial charge is 0.457 e. The molecule has 0 radical (unpaired) electrons. The van der Waals surface area contributed by atoms with E-state index in [0.29, 0.717) is 0 Å².